The minimum absolute atomic E-state index is 0.0434. The maximum atomic E-state index is 14.1. The maximum absolute atomic E-state index is 14.1. The Morgan fingerprint density at radius 1 is 1.32 bits per heavy atom. The van der Waals surface area contributed by atoms with Gasteiger partial charge in [0.05, 0.1) is 18.9 Å². The number of benzene rings is 1. The van der Waals surface area contributed by atoms with Gasteiger partial charge in [0.25, 0.3) is 5.91 Å². The van der Waals surface area contributed by atoms with Crippen LogP contribution in [-0.2, 0) is 11.3 Å². The van der Waals surface area contributed by atoms with E-state index in [0.717, 1.165) is 15.4 Å². The van der Waals surface area contributed by atoms with Gasteiger partial charge < -0.3 is 10.1 Å². The molecule has 0 fully saturated rings. The van der Waals surface area contributed by atoms with E-state index in [1.165, 1.54) is 6.07 Å². The van der Waals surface area contributed by atoms with Crippen molar-refractivity contribution in [3.8, 4) is 11.4 Å². The fourth-order valence-corrected chi connectivity index (χ4v) is 2.03. The molecule has 1 N–H and O–H groups in total. The number of hydrogen-bond donors (Lipinski definition) is 1. The number of ether oxygens (including phenoxy) is 1. The van der Waals surface area contributed by atoms with Crippen LogP contribution in [-0.4, -0.2) is 39.0 Å². The number of aryl methyl sites for hydroxylation is 1. The topological polar surface area (TPSA) is 91.0 Å². The Hall–Kier alpha value is -2.78. The zero-order valence-electron chi connectivity index (χ0n) is 11.3. The summed E-state index contributed by atoms with van der Waals surface area (Å²) in [6.45, 7) is -0.761. The maximum Gasteiger partial charge on any atom is 0.368 e. The minimum Gasteiger partial charge on any atom is -0.481 e. The number of fused-ring (bicyclic) bond motifs is 1. The first-order chi connectivity index (χ1) is 10.6. The number of carbonyl (C=O) groups excluding carboxylic acids is 1. The number of nitrogens with zero attached hydrogens (tertiary/aromatic N) is 4. The standard InChI is InChI=1S/C12H11F2N5O3/c13-2-1-3-18-12(21)19(17-16-18)9-5-8-10(4-7(9)14)22-6-11(20)15-8/h4-5H,1-3,6H2,(H,15,20). The molecule has 0 unspecified atom stereocenters. The average molecular weight is 311 g/mol. The highest BCUT2D eigenvalue weighted by molar-refractivity contribution is 5.95. The molecule has 2 aromatic rings. The lowest BCUT2D eigenvalue weighted by Gasteiger charge is -2.18. The van der Waals surface area contributed by atoms with Crippen molar-refractivity contribution in [2.75, 3.05) is 18.6 Å². The Morgan fingerprint density at radius 2 is 2.14 bits per heavy atom. The molecule has 2 heterocycles. The summed E-state index contributed by atoms with van der Waals surface area (Å²) in [5, 5.41) is 9.64. The number of nitrogens with one attached hydrogen (secondary N) is 1. The van der Waals surface area contributed by atoms with E-state index in [0.29, 0.717) is 0 Å². The number of carbonyl (C=O) groups is 1. The fourth-order valence-electron chi connectivity index (χ4n) is 2.03. The lowest BCUT2D eigenvalue weighted by molar-refractivity contribution is -0.118. The van der Waals surface area contributed by atoms with E-state index in [4.69, 9.17) is 4.74 Å². The molecule has 1 aromatic carbocycles. The summed E-state index contributed by atoms with van der Waals surface area (Å²) in [5.74, 6) is -0.975. The molecule has 8 nitrogen and oxygen atoms in total. The van der Waals surface area contributed by atoms with Gasteiger partial charge in [-0.15, -0.1) is 0 Å². The van der Waals surface area contributed by atoms with E-state index in [-0.39, 0.29) is 42.6 Å². The first-order valence-corrected chi connectivity index (χ1v) is 6.45. The molecule has 0 radical (unpaired) electrons. The van der Waals surface area contributed by atoms with E-state index in [1.807, 2.05) is 0 Å². The van der Waals surface area contributed by atoms with Crippen LogP contribution in [0.2, 0.25) is 0 Å². The first-order valence-electron chi connectivity index (χ1n) is 6.45. The van der Waals surface area contributed by atoms with Crippen LogP contribution in [0.3, 0.4) is 0 Å². The highest BCUT2D eigenvalue weighted by Gasteiger charge is 2.21. The van der Waals surface area contributed by atoms with E-state index in [9.17, 15) is 18.4 Å². The molecule has 116 valence electrons. The van der Waals surface area contributed by atoms with Crippen LogP contribution < -0.4 is 15.7 Å². The van der Waals surface area contributed by atoms with Crippen LogP contribution in [0.15, 0.2) is 16.9 Å². The lowest BCUT2D eigenvalue weighted by Crippen LogP contribution is -2.27. The van der Waals surface area contributed by atoms with E-state index < -0.39 is 18.2 Å². The highest BCUT2D eigenvalue weighted by Crippen LogP contribution is 2.31. The quantitative estimate of drug-likeness (QED) is 0.874. The Morgan fingerprint density at radius 3 is 2.91 bits per heavy atom. The number of rotatable bonds is 4. The van der Waals surface area contributed by atoms with Crippen molar-refractivity contribution in [3.63, 3.8) is 0 Å². The van der Waals surface area contributed by atoms with Crippen molar-refractivity contribution in [2.24, 2.45) is 0 Å². The Kier molecular flexibility index (Phi) is 3.57. The van der Waals surface area contributed by atoms with Crippen LogP contribution in [0.4, 0.5) is 14.5 Å². The molecule has 1 aromatic heterocycles. The number of tetrazole rings is 1. The molecule has 10 heteroatoms. The third-order valence-electron chi connectivity index (χ3n) is 3.05. The van der Waals surface area contributed by atoms with E-state index in [1.54, 1.807) is 0 Å². The summed E-state index contributed by atoms with van der Waals surface area (Å²) in [6.07, 6.45) is 0.106. The normalized spacial score (nSPS) is 13.5. The summed E-state index contributed by atoms with van der Waals surface area (Å²) >= 11 is 0. The molecule has 0 atom stereocenters. The van der Waals surface area contributed by atoms with Gasteiger partial charge in [-0.3, -0.25) is 9.18 Å². The number of amides is 1. The second kappa shape index (κ2) is 5.54. The van der Waals surface area contributed by atoms with E-state index >= 15 is 0 Å². The van der Waals surface area contributed by atoms with Gasteiger partial charge in [-0.05, 0) is 22.9 Å². The number of hydrogen-bond acceptors (Lipinski definition) is 5. The van der Waals surface area contributed by atoms with Crippen molar-refractivity contribution in [2.45, 2.75) is 13.0 Å². The molecule has 0 bridgehead atoms. The predicted molar refractivity (Wildman–Crippen MR) is 70.3 cm³/mol. The summed E-state index contributed by atoms with van der Waals surface area (Å²) < 4.78 is 33.0. The summed E-state index contributed by atoms with van der Waals surface area (Å²) in [4.78, 5) is 23.3. The van der Waals surface area contributed by atoms with Crippen molar-refractivity contribution >= 4 is 11.6 Å². The highest BCUT2D eigenvalue weighted by atomic mass is 19.1. The lowest BCUT2D eigenvalue weighted by atomic mass is 10.2. The number of halogens is 2. The molecule has 1 aliphatic heterocycles. The summed E-state index contributed by atoms with van der Waals surface area (Å²) in [6, 6.07) is 2.29. The number of anilines is 1. The second-order valence-corrected chi connectivity index (χ2v) is 4.58. The Balaban J connectivity index is 2.02. The van der Waals surface area contributed by atoms with Crippen LogP contribution in [0.5, 0.6) is 5.75 Å². The molecule has 1 amide bonds. The number of alkyl halides is 1. The van der Waals surface area contributed by atoms with Gasteiger partial charge in [-0.25, -0.2) is 9.18 Å². The van der Waals surface area contributed by atoms with Crippen molar-refractivity contribution in [1.29, 1.82) is 0 Å². The Bertz CT molecular complexity index is 786. The molecule has 22 heavy (non-hydrogen) atoms. The summed E-state index contributed by atoms with van der Waals surface area (Å²) in [7, 11) is 0. The van der Waals surface area contributed by atoms with Gasteiger partial charge in [-0.1, -0.05) is 0 Å². The van der Waals surface area contributed by atoms with Crippen molar-refractivity contribution < 1.29 is 18.3 Å². The first kappa shape index (κ1) is 14.2. The molecule has 0 saturated carbocycles. The van der Waals surface area contributed by atoms with Crippen molar-refractivity contribution in [3.05, 3.63) is 28.4 Å². The van der Waals surface area contributed by atoms with Gasteiger partial charge >= 0.3 is 5.69 Å². The third-order valence-corrected chi connectivity index (χ3v) is 3.05. The molecular formula is C12H11F2N5O3. The monoisotopic (exact) mass is 311 g/mol. The van der Waals surface area contributed by atoms with Gasteiger partial charge in [-0.2, -0.15) is 9.36 Å². The average Bonchev–Trinajstić information content (AvgIpc) is 2.86. The zero-order chi connectivity index (χ0) is 15.7. The van der Waals surface area contributed by atoms with Crippen LogP contribution in [0.25, 0.3) is 5.69 Å². The van der Waals surface area contributed by atoms with Crippen LogP contribution in [0, 0.1) is 5.82 Å². The minimum atomic E-state index is -0.755. The zero-order valence-corrected chi connectivity index (χ0v) is 11.3. The third kappa shape index (κ3) is 2.43. The molecule has 0 aliphatic carbocycles. The SMILES string of the molecule is O=C1COc2cc(F)c(-n3nnn(CCCF)c3=O)cc2N1. The van der Waals surface area contributed by atoms with Gasteiger partial charge in [0.1, 0.15) is 11.4 Å². The Labute approximate surface area is 122 Å². The fraction of sp³-hybridized carbons (Fsp3) is 0.333. The van der Waals surface area contributed by atoms with Crippen LogP contribution in [0.1, 0.15) is 6.42 Å². The van der Waals surface area contributed by atoms with Crippen molar-refractivity contribution in [1.82, 2.24) is 19.8 Å². The summed E-state index contributed by atoms with van der Waals surface area (Å²) in [5.41, 5.74) is -0.644. The van der Waals surface area contributed by atoms with E-state index in [2.05, 4.69) is 15.7 Å². The smallest absolute Gasteiger partial charge is 0.368 e. The van der Waals surface area contributed by atoms with Gasteiger partial charge in [0.15, 0.2) is 12.4 Å². The molecule has 1 aliphatic rings. The van der Waals surface area contributed by atoms with Gasteiger partial charge in [0.2, 0.25) is 0 Å². The van der Waals surface area contributed by atoms with Crippen LogP contribution >= 0.6 is 0 Å². The molecule has 0 saturated heterocycles. The largest absolute Gasteiger partial charge is 0.481 e. The predicted octanol–water partition coefficient (Wildman–Crippen LogP) is 0.259. The second-order valence-electron chi connectivity index (χ2n) is 4.58. The van der Waals surface area contributed by atoms with Gasteiger partial charge in [0, 0.05) is 6.07 Å². The molecular weight excluding hydrogens is 300 g/mol. The molecule has 0 spiro atoms. The molecule has 3 rings (SSSR count). The number of aromatic nitrogens is 4.